The molecule has 0 heteroatoms. The summed E-state index contributed by atoms with van der Waals surface area (Å²) in [5.74, 6) is 0. The van der Waals surface area contributed by atoms with Crippen molar-refractivity contribution in [2.24, 2.45) is 0 Å². The van der Waals surface area contributed by atoms with E-state index in [0.717, 1.165) is 6.42 Å². The smallest absolute Gasteiger partial charge is 0.00882 e. The minimum Gasteiger partial charge on any atom is -0.0985 e. The number of hydrogen-bond acceptors (Lipinski definition) is 0. The Hall–Kier alpha value is -1.82. The average molecular weight is 208 g/mol. The van der Waals surface area contributed by atoms with Gasteiger partial charge in [0.15, 0.2) is 0 Å². The van der Waals surface area contributed by atoms with E-state index in [4.69, 9.17) is 0 Å². The minimum absolute atomic E-state index is 0.983. The lowest BCUT2D eigenvalue weighted by Crippen LogP contribution is -1.82. The average Bonchev–Trinajstić information content (AvgIpc) is 2.55. The molecule has 16 heavy (non-hydrogen) atoms. The van der Waals surface area contributed by atoms with Crippen molar-refractivity contribution in [3.05, 3.63) is 77.9 Å². The van der Waals surface area contributed by atoms with E-state index < -0.39 is 0 Å². The van der Waals surface area contributed by atoms with Crippen LogP contribution in [0.4, 0.5) is 0 Å². The van der Waals surface area contributed by atoms with Gasteiger partial charge in [0.2, 0.25) is 0 Å². The van der Waals surface area contributed by atoms with Crippen molar-refractivity contribution in [1.29, 1.82) is 0 Å². The summed E-state index contributed by atoms with van der Waals surface area (Å²) in [5.41, 5.74) is 5.13. The van der Waals surface area contributed by atoms with E-state index in [1.807, 2.05) is 6.08 Å². The third kappa shape index (κ3) is 2.40. The molecular formula is C16H16. The fraction of sp³-hybridized carbons (Fsp3) is 0.125. The Morgan fingerprint density at radius 3 is 2.56 bits per heavy atom. The summed E-state index contributed by atoms with van der Waals surface area (Å²) in [7, 11) is 0. The third-order valence-electron chi connectivity index (χ3n) is 2.78. The molecular weight excluding hydrogens is 192 g/mol. The highest BCUT2D eigenvalue weighted by molar-refractivity contribution is 5.69. The van der Waals surface area contributed by atoms with E-state index >= 15 is 0 Å². The topological polar surface area (TPSA) is 0 Å². The lowest BCUT2D eigenvalue weighted by molar-refractivity contribution is 1.37. The van der Waals surface area contributed by atoms with Crippen LogP contribution in [0.25, 0.3) is 5.57 Å². The summed E-state index contributed by atoms with van der Waals surface area (Å²) < 4.78 is 0. The van der Waals surface area contributed by atoms with Gasteiger partial charge in [-0.25, -0.2) is 0 Å². The summed E-state index contributed by atoms with van der Waals surface area (Å²) in [5, 5.41) is 0. The van der Waals surface area contributed by atoms with Crippen molar-refractivity contribution >= 4 is 5.57 Å². The Kier molecular flexibility index (Phi) is 3.21. The summed E-state index contributed by atoms with van der Waals surface area (Å²) in [6, 6.07) is 8.68. The molecule has 0 radical (unpaired) electrons. The van der Waals surface area contributed by atoms with Crippen LogP contribution in [0.5, 0.6) is 0 Å². The highest BCUT2D eigenvalue weighted by Crippen LogP contribution is 2.22. The number of aryl methyl sites for hydroxylation is 1. The van der Waals surface area contributed by atoms with Gasteiger partial charge in [0.1, 0.15) is 0 Å². The van der Waals surface area contributed by atoms with Gasteiger partial charge in [-0.1, -0.05) is 66.8 Å². The molecule has 2 rings (SSSR count). The first-order valence-corrected chi connectivity index (χ1v) is 5.56. The molecule has 0 bridgehead atoms. The van der Waals surface area contributed by atoms with Crippen LogP contribution in [0.3, 0.4) is 0 Å². The maximum Gasteiger partial charge on any atom is -0.00882 e. The Bertz CT molecular complexity index is 467. The largest absolute Gasteiger partial charge is 0.0985 e. The Labute approximate surface area is 97.3 Å². The molecule has 0 atom stereocenters. The van der Waals surface area contributed by atoms with Crippen LogP contribution >= 0.6 is 0 Å². The van der Waals surface area contributed by atoms with E-state index in [2.05, 4.69) is 62.1 Å². The molecule has 0 aromatic heterocycles. The van der Waals surface area contributed by atoms with Gasteiger partial charge in [-0.05, 0) is 30.1 Å². The number of benzene rings is 1. The highest BCUT2D eigenvalue weighted by atomic mass is 14.1. The second kappa shape index (κ2) is 4.80. The van der Waals surface area contributed by atoms with Gasteiger partial charge in [0.25, 0.3) is 0 Å². The van der Waals surface area contributed by atoms with E-state index in [9.17, 15) is 0 Å². The van der Waals surface area contributed by atoms with Gasteiger partial charge in [-0.2, -0.15) is 0 Å². The van der Waals surface area contributed by atoms with Crippen LogP contribution in [-0.2, 0) is 0 Å². The third-order valence-corrected chi connectivity index (χ3v) is 2.78. The van der Waals surface area contributed by atoms with Crippen molar-refractivity contribution in [1.82, 2.24) is 0 Å². The van der Waals surface area contributed by atoms with Crippen LogP contribution in [-0.4, -0.2) is 0 Å². The molecule has 0 spiro atoms. The van der Waals surface area contributed by atoms with Crippen molar-refractivity contribution < 1.29 is 0 Å². The number of allylic oxidation sites excluding steroid dienone is 7. The van der Waals surface area contributed by atoms with Gasteiger partial charge < -0.3 is 0 Å². The summed E-state index contributed by atoms with van der Waals surface area (Å²) >= 11 is 0. The molecule has 80 valence electrons. The maximum atomic E-state index is 3.79. The molecule has 0 aliphatic heterocycles. The molecule has 0 N–H and O–H groups in total. The lowest BCUT2D eigenvalue weighted by Gasteiger charge is -2.04. The minimum atomic E-state index is 0.983. The fourth-order valence-electron chi connectivity index (χ4n) is 1.76. The second-order valence-electron chi connectivity index (χ2n) is 4.04. The van der Waals surface area contributed by atoms with Crippen molar-refractivity contribution in [3.63, 3.8) is 0 Å². The lowest BCUT2D eigenvalue weighted by atomic mass is 10.0. The Morgan fingerprint density at radius 2 is 1.88 bits per heavy atom. The van der Waals surface area contributed by atoms with Crippen molar-refractivity contribution in [3.8, 4) is 0 Å². The number of rotatable bonds is 2. The standard InChI is InChI=1S/C16H16/c1-3-14-5-4-6-15(12-9-14)16-10-7-13(2)8-11-16/h3-5,7-12H,1,6H2,2H3. The second-order valence-corrected chi connectivity index (χ2v) is 4.04. The molecule has 0 unspecified atom stereocenters. The molecule has 0 heterocycles. The van der Waals surface area contributed by atoms with E-state index in [1.165, 1.54) is 22.3 Å². The zero-order valence-corrected chi connectivity index (χ0v) is 9.61. The Balaban J connectivity index is 2.32. The zero-order chi connectivity index (χ0) is 11.4. The van der Waals surface area contributed by atoms with Gasteiger partial charge in [0, 0.05) is 0 Å². The predicted octanol–water partition coefficient (Wildman–Crippen LogP) is 4.45. The van der Waals surface area contributed by atoms with Crippen LogP contribution in [0.1, 0.15) is 17.5 Å². The van der Waals surface area contributed by atoms with Gasteiger partial charge in [-0.15, -0.1) is 0 Å². The quantitative estimate of drug-likeness (QED) is 0.673. The van der Waals surface area contributed by atoms with Crippen LogP contribution in [0.2, 0.25) is 0 Å². The molecule has 0 saturated heterocycles. The van der Waals surface area contributed by atoms with Crippen molar-refractivity contribution in [2.75, 3.05) is 0 Å². The molecule has 0 nitrogen and oxygen atoms in total. The van der Waals surface area contributed by atoms with E-state index in [-0.39, 0.29) is 0 Å². The predicted molar refractivity (Wildman–Crippen MR) is 71.2 cm³/mol. The first-order valence-electron chi connectivity index (χ1n) is 5.56. The van der Waals surface area contributed by atoms with E-state index in [0.29, 0.717) is 0 Å². The van der Waals surface area contributed by atoms with Gasteiger partial charge in [-0.3, -0.25) is 0 Å². The molecule has 0 amide bonds. The SMILES string of the molecule is C=CC1=CC=C(c2ccc(C)cc2)CC=C1. The van der Waals surface area contributed by atoms with Crippen LogP contribution < -0.4 is 0 Å². The van der Waals surface area contributed by atoms with E-state index in [1.54, 1.807) is 0 Å². The highest BCUT2D eigenvalue weighted by Gasteiger charge is 2.01. The first kappa shape index (κ1) is 10.7. The summed E-state index contributed by atoms with van der Waals surface area (Å²) in [4.78, 5) is 0. The summed E-state index contributed by atoms with van der Waals surface area (Å²) in [6.45, 7) is 5.90. The summed E-state index contributed by atoms with van der Waals surface area (Å²) in [6.07, 6.45) is 11.5. The van der Waals surface area contributed by atoms with Crippen molar-refractivity contribution in [2.45, 2.75) is 13.3 Å². The molecule has 1 aromatic rings. The number of hydrogen-bond donors (Lipinski definition) is 0. The molecule has 0 fully saturated rings. The molecule has 1 aromatic carbocycles. The maximum absolute atomic E-state index is 3.79. The zero-order valence-electron chi connectivity index (χ0n) is 9.61. The monoisotopic (exact) mass is 208 g/mol. The van der Waals surface area contributed by atoms with Gasteiger partial charge in [0.05, 0.1) is 0 Å². The molecule has 1 aliphatic rings. The van der Waals surface area contributed by atoms with Gasteiger partial charge >= 0.3 is 0 Å². The van der Waals surface area contributed by atoms with Crippen LogP contribution in [0, 0.1) is 6.92 Å². The first-order chi connectivity index (χ1) is 7.79. The Morgan fingerprint density at radius 1 is 1.12 bits per heavy atom. The molecule has 0 saturated carbocycles. The fourth-order valence-corrected chi connectivity index (χ4v) is 1.76. The normalized spacial score (nSPS) is 15.1. The van der Waals surface area contributed by atoms with Crippen LogP contribution in [0.15, 0.2) is 66.8 Å². The molecule has 1 aliphatic carbocycles.